The van der Waals surface area contributed by atoms with Gasteiger partial charge in [0.25, 0.3) is 0 Å². The van der Waals surface area contributed by atoms with Crippen molar-refractivity contribution in [3.05, 3.63) is 11.1 Å². The topological polar surface area (TPSA) is 42.9 Å². The first kappa shape index (κ1) is 18.3. The van der Waals surface area contributed by atoms with E-state index < -0.39 is 0 Å². The normalized spacial score (nSPS) is 11.8. The average Bonchev–Trinajstić information content (AvgIpc) is 3.01. The van der Waals surface area contributed by atoms with E-state index in [2.05, 4.69) is 30.4 Å². The zero-order valence-electron chi connectivity index (χ0n) is 13.9. The highest BCUT2D eigenvalue weighted by molar-refractivity contribution is 7.03. The number of unbranched alkanes of at least 4 members (excludes halogenated alkanes) is 6. The Morgan fingerprint density at radius 2 is 1.62 bits per heavy atom. The van der Waals surface area contributed by atoms with Gasteiger partial charge in [0.05, 0.1) is 0 Å². The van der Waals surface area contributed by atoms with Crippen molar-refractivity contribution in [3.8, 4) is 0 Å². The molecule has 1 aromatic rings. The SMILES string of the molecule is CCCCCCC(C)(CCCCCC)C(=O)c1csnn1. The first-order chi connectivity index (χ1) is 10.1. The van der Waals surface area contributed by atoms with Gasteiger partial charge in [-0.15, -0.1) is 5.10 Å². The van der Waals surface area contributed by atoms with Crippen molar-refractivity contribution in [1.29, 1.82) is 0 Å². The standard InChI is InChI=1S/C17H30N2OS/c1-4-6-8-10-12-17(3,13-11-9-7-5-2)16(20)15-14-21-19-18-15/h14H,4-13H2,1-3H3. The lowest BCUT2D eigenvalue weighted by atomic mass is 9.75. The van der Waals surface area contributed by atoms with Gasteiger partial charge in [0.15, 0.2) is 5.78 Å². The predicted molar refractivity (Wildman–Crippen MR) is 89.9 cm³/mol. The molecule has 0 saturated carbocycles. The molecule has 0 bridgehead atoms. The maximum Gasteiger partial charge on any atom is 0.189 e. The van der Waals surface area contributed by atoms with Crippen LogP contribution in [0.4, 0.5) is 0 Å². The summed E-state index contributed by atoms with van der Waals surface area (Å²) in [6, 6.07) is 0. The van der Waals surface area contributed by atoms with Crippen molar-refractivity contribution in [2.24, 2.45) is 5.41 Å². The van der Waals surface area contributed by atoms with E-state index in [1.165, 1.54) is 50.1 Å². The van der Waals surface area contributed by atoms with E-state index in [9.17, 15) is 4.79 Å². The van der Waals surface area contributed by atoms with E-state index in [1.54, 1.807) is 5.38 Å². The molecule has 0 unspecified atom stereocenters. The van der Waals surface area contributed by atoms with E-state index in [0.29, 0.717) is 5.69 Å². The molecule has 0 radical (unpaired) electrons. The molecule has 1 heterocycles. The summed E-state index contributed by atoms with van der Waals surface area (Å²) in [5.74, 6) is 0.198. The number of hydrogen-bond donors (Lipinski definition) is 0. The number of nitrogens with zero attached hydrogens (tertiary/aromatic N) is 2. The van der Waals surface area contributed by atoms with E-state index in [1.807, 2.05) is 0 Å². The van der Waals surface area contributed by atoms with Crippen LogP contribution in [0, 0.1) is 5.41 Å². The number of rotatable bonds is 12. The first-order valence-corrected chi connectivity index (χ1v) is 9.29. The Labute approximate surface area is 133 Å². The van der Waals surface area contributed by atoms with Crippen LogP contribution in [0.1, 0.15) is 95.5 Å². The van der Waals surface area contributed by atoms with Gasteiger partial charge in [-0.3, -0.25) is 4.79 Å². The molecule has 0 aliphatic heterocycles. The fourth-order valence-electron chi connectivity index (χ4n) is 2.81. The average molecular weight is 311 g/mol. The highest BCUT2D eigenvalue weighted by Crippen LogP contribution is 2.34. The first-order valence-electron chi connectivity index (χ1n) is 8.46. The van der Waals surface area contributed by atoms with Crippen molar-refractivity contribution in [2.45, 2.75) is 85.0 Å². The zero-order chi connectivity index (χ0) is 15.6. The lowest BCUT2D eigenvalue weighted by Gasteiger charge is -2.27. The van der Waals surface area contributed by atoms with E-state index in [0.717, 1.165) is 25.7 Å². The summed E-state index contributed by atoms with van der Waals surface area (Å²) in [5, 5.41) is 5.78. The molecule has 3 nitrogen and oxygen atoms in total. The maximum atomic E-state index is 12.8. The highest BCUT2D eigenvalue weighted by atomic mass is 32.1. The van der Waals surface area contributed by atoms with Gasteiger partial charge < -0.3 is 0 Å². The third-order valence-electron chi connectivity index (χ3n) is 4.31. The molecule has 1 aromatic heterocycles. The molecular formula is C17H30N2OS. The summed E-state index contributed by atoms with van der Waals surface area (Å²) in [4.78, 5) is 12.8. The molecule has 0 N–H and O–H groups in total. The highest BCUT2D eigenvalue weighted by Gasteiger charge is 2.34. The Kier molecular flexibility index (Phi) is 8.74. The third-order valence-corrected chi connectivity index (χ3v) is 4.81. The van der Waals surface area contributed by atoms with Gasteiger partial charge in [-0.05, 0) is 24.4 Å². The molecule has 0 amide bonds. The lowest BCUT2D eigenvalue weighted by molar-refractivity contribution is 0.0771. The molecule has 0 aromatic carbocycles. The molecule has 0 aliphatic carbocycles. The minimum atomic E-state index is -0.253. The summed E-state index contributed by atoms with van der Waals surface area (Å²) in [7, 11) is 0. The van der Waals surface area contributed by atoms with Crippen LogP contribution in [0.5, 0.6) is 0 Å². The smallest absolute Gasteiger partial charge is 0.189 e. The quantitative estimate of drug-likeness (QED) is 0.369. The van der Waals surface area contributed by atoms with Crippen LogP contribution in [-0.4, -0.2) is 15.4 Å². The van der Waals surface area contributed by atoms with Gasteiger partial charge in [-0.1, -0.05) is 76.6 Å². The Morgan fingerprint density at radius 1 is 1.05 bits per heavy atom. The molecule has 0 aliphatic rings. The summed E-state index contributed by atoms with van der Waals surface area (Å²) >= 11 is 1.27. The van der Waals surface area contributed by atoms with Crippen LogP contribution >= 0.6 is 11.5 Å². The molecule has 0 spiro atoms. The summed E-state index contributed by atoms with van der Waals surface area (Å²) in [6.45, 7) is 6.57. The zero-order valence-corrected chi connectivity index (χ0v) is 14.7. The number of carbonyl (C=O) groups is 1. The van der Waals surface area contributed by atoms with Crippen LogP contribution in [0.25, 0.3) is 0 Å². The van der Waals surface area contributed by atoms with Crippen LogP contribution in [-0.2, 0) is 0 Å². The number of Topliss-reactive ketones (excluding diaryl/α,β-unsaturated/α-hetero) is 1. The van der Waals surface area contributed by atoms with E-state index in [-0.39, 0.29) is 11.2 Å². The van der Waals surface area contributed by atoms with Gasteiger partial charge in [0.2, 0.25) is 0 Å². The maximum absolute atomic E-state index is 12.8. The van der Waals surface area contributed by atoms with Crippen molar-refractivity contribution in [2.75, 3.05) is 0 Å². The second-order valence-electron chi connectivity index (χ2n) is 6.30. The summed E-state index contributed by atoms with van der Waals surface area (Å²) < 4.78 is 3.85. The number of carbonyl (C=O) groups excluding carboxylic acids is 1. The molecule has 120 valence electrons. The van der Waals surface area contributed by atoms with Crippen LogP contribution < -0.4 is 0 Å². The number of hydrogen-bond acceptors (Lipinski definition) is 4. The van der Waals surface area contributed by atoms with Crippen molar-refractivity contribution in [1.82, 2.24) is 9.59 Å². The van der Waals surface area contributed by atoms with Crippen LogP contribution in [0.2, 0.25) is 0 Å². The lowest BCUT2D eigenvalue weighted by Crippen LogP contribution is -2.28. The number of aromatic nitrogens is 2. The third kappa shape index (κ3) is 6.25. The van der Waals surface area contributed by atoms with E-state index in [4.69, 9.17) is 0 Å². The largest absolute Gasteiger partial charge is 0.292 e. The minimum Gasteiger partial charge on any atom is -0.292 e. The Balaban J connectivity index is 2.61. The van der Waals surface area contributed by atoms with Crippen LogP contribution in [0.3, 0.4) is 0 Å². The molecule has 0 atom stereocenters. The van der Waals surface area contributed by atoms with Gasteiger partial charge in [-0.2, -0.15) is 0 Å². The van der Waals surface area contributed by atoms with Crippen molar-refractivity contribution >= 4 is 17.3 Å². The Bertz CT molecular complexity index is 378. The second kappa shape index (κ2) is 10.0. The van der Waals surface area contributed by atoms with E-state index >= 15 is 0 Å². The monoisotopic (exact) mass is 310 g/mol. The molecule has 21 heavy (non-hydrogen) atoms. The fourth-order valence-corrected chi connectivity index (χ4v) is 3.24. The van der Waals surface area contributed by atoms with Gasteiger partial charge in [0, 0.05) is 10.8 Å². The molecule has 0 fully saturated rings. The molecule has 4 heteroatoms. The number of ketones is 1. The van der Waals surface area contributed by atoms with Crippen LogP contribution in [0.15, 0.2) is 5.38 Å². The fraction of sp³-hybridized carbons (Fsp3) is 0.824. The molecular weight excluding hydrogens is 280 g/mol. The van der Waals surface area contributed by atoms with Gasteiger partial charge in [0.1, 0.15) is 5.69 Å². The molecule has 0 saturated heterocycles. The summed E-state index contributed by atoms with van der Waals surface area (Å²) in [6.07, 6.45) is 11.7. The van der Waals surface area contributed by atoms with Gasteiger partial charge in [-0.25, -0.2) is 0 Å². The molecule has 1 rings (SSSR count). The predicted octanol–water partition coefficient (Wildman–Crippen LogP) is 5.67. The summed E-state index contributed by atoms with van der Waals surface area (Å²) in [5.41, 5.74) is 0.311. The Hall–Kier alpha value is -0.770. The second-order valence-corrected chi connectivity index (χ2v) is 6.91. The Morgan fingerprint density at radius 3 is 2.05 bits per heavy atom. The van der Waals surface area contributed by atoms with Gasteiger partial charge >= 0.3 is 0 Å². The van der Waals surface area contributed by atoms with Crippen molar-refractivity contribution < 1.29 is 4.79 Å². The minimum absolute atomic E-state index is 0.198. The van der Waals surface area contributed by atoms with Crippen molar-refractivity contribution in [3.63, 3.8) is 0 Å².